The molecule has 2 aromatic heterocycles. The Kier molecular flexibility index (Phi) is 4.99. The molecule has 0 fully saturated rings. The van der Waals surface area contributed by atoms with Gasteiger partial charge in [-0.3, -0.25) is 4.57 Å². The van der Waals surface area contributed by atoms with Crippen molar-refractivity contribution >= 4 is 16.8 Å². The number of likely N-dealkylation sites (N-methyl/N-ethyl adjacent to an activating group) is 1. The number of hydrogen-bond donors (Lipinski definition) is 1. The number of nitrogens with zero attached hydrogens (tertiary/aromatic N) is 4. The third-order valence-corrected chi connectivity index (χ3v) is 4.61. The smallest absolute Gasteiger partial charge is 0.408 e. The third kappa shape index (κ3) is 3.84. The molecule has 0 spiro atoms. The number of nitrogens with one attached hydrogen (secondary N) is 1. The molecule has 7 nitrogen and oxygen atoms in total. The van der Waals surface area contributed by atoms with E-state index in [-0.39, 0.29) is 5.76 Å². The summed E-state index contributed by atoms with van der Waals surface area (Å²) in [5.41, 5.74) is 4.52. The molecule has 4 rings (SSSR count). The first kappa shape index (κ1) is 18.1. The number of anilines is 1. The molecule has 0 aliphatic heterocycles. The van der Waals surface area contributed by atoms with Crippen molar-refractivity contribution in [2.45, 2.75) is 13.1 Å². The van der Waals surface area contributed by atoms with Crippen LogP contribution in [-0.2, 0) is 13.1 Å². The molecule has 1 N–H and O–H groups in total. The lowest BCUT2D eigenvalue weighted by Gasteiger charge is -2.11. The SMILES string of the molecule is CN(C)CCn1c(=O)oc2ccc(NCc3cccc(-n4cccn4)c3)cc21. The first-order valence-electron chi connectivity index (χ1n) is 9.21. The number of rotatable bonds is 7. The van der Waals surface area contributed by atoms with E-state index >= 15 is 0 Å². The molecule has 0 aliphatic carbocycles. The molecule has 0 saturated heterocycles. The zero-order valence-electron chi connectivity index (χ0n) is 16.0. The van der Waals surface area contributed by atoms with Crippen LogP contribution in [0.1, 0.15) is 5.56 Å². The highest BCUT2D eigenvalue weighted by atomic mass is 16.4. The minimum atomic E-state index is -0.319. The Morgan fingerprint density at radius 3 is 2.82 bits per heavy atom. The Bertz CT molecular complexity index is 1130. The van der Waals surface area contributed by atoms with Gasteiger partial charge in [-0.15, -0.1) is 0 Å². The lowest BCUT2D eigenvalue weighted by molar-refractivity contribution is 0.374. The molecule has 0 radical (unpaired) electrons. The summed E-state index contributed by atoms with van der Waals surface area (Å²) in [5.74, 6) is -0.319. The van der Waals surface area contributed by atoms with E-state index in [4.69, 9.17) is 4.42 Å². The van der Waals surface area contributed by atoms with Crippen molar-refractivity contribution in [2.24, 2.45) is 0 Å². The van der Waals surface area contributed by atoms with Gasteiger partial charge < -0.3 is 14.6 Å². The maximum atomic E-state index is 12.1. The highest BCUT2D eigenvalue weighted by Crippen LogP contribution is 2.20. The maximum absolute atomic E-state index is 12.1. The van der Waals surface area contributed by atoms with Crippen LogP contribution in [0.4, 0.5) is 5.69 Å². The Morgan fingerprint density at radius 2 is 2.04 bits per heavy atom. The van der Waals surface area contributed by atoms with Gasteiger partial charge in [-0.25, -0.2) is 9.48 Å². The van der Waals surface area contributed by atoms with Crippen LogP contribution in [0.3, 0.4) is 0 Å². The number of aromatic nitrogens is 3. The molecule has 7 heteroatoms. The molecule has 0 aliphatic rings. The van der Waals surface area contributed by atoms with Crippen LogP contribution in [0.2, 0.25) is 0 Å². The van der Waals surface area contributed by atoms with E-state index in [1.807, 2.05) is 66.3 Å². The van der Waals surface area contributed by atoms with E-state index in [0.717, 1.165) is 29.0 Å². The molecule has 0 bridgehead atoms. The fourth-order valence-electron chi connectivity index (χ4n) is 3.12. The highest BCUT2D eigenvalue weighted by molar-refractivity contribution is 5.77. The summed E-state index contributed by atoms with van der Waals surface area (Å²) in [6.45, 7) is 2.03. The van der Waals surface area contributed by atoms with Crippen LogP contribution in [0.15, 0.2) is 70.1 Å². The summed E-state index contributed by atoms with van der Waals surface area (Å²) < 4.78 is 8.87. The molecular weight excluding hydrogens is 354 g/mol. The minimum absolute atomic E-state index is 0.319. The van der Waals surface area contributed by atoms with Gasteiger partial charge in [0.2, 0.25) is 0 Å². The topological polar surface area (TPSA) is 68.2 Å². The third-order valence-electron chi connectivity index (χ3n) is 4.61. The van der Waals surface area contributed by atoms with Crippen LogP contribution >= 0.6 is 0 Å². The molecule has 0 unspecified atom stereocenters. The summed E-state index contributed by atoms with van der Waals surface area (Å²) in [6, 6.07) is 15.9. The van der Waals surface area contributed by atoms with Gasteiger partial charge in [-0.05, 0) is 56.1 Å². The maximum Gasteiger partial charge on any atom is 0.419 e. The van der Waals surface area contributed by atoms with Gasteiger partial charge in [0.25, 0.3) is 0 Å². The Morgan fingerprint density at radius 1 is 1.14 bits per heavy atom. The highest BCUT2D eigenvalue weighted by Gasteiger charge is 2.10. The van der Waals surface area contributed by atoms with Crippen molar-refractivity contribution in [1.82, 2.24) is 19.2 Å². The summed E-state index contributed by atoms with van der Waals surface area (Å²) in [5, 5.41) is 7.70. The molecular formula is C21H23N5O2. The molecule has 0 amide bonds. The van der Waals surface area contributed by atoms with Gasteiger partial charge in [0.05, 0.1) is 11.2 Å². The number of oxazole rings is 1. The van der Waals surface area contributed by atoms with Crippen LogP contribution in [-0.4, -0.2) is 39.9 Å². The van der Waals surface area contributed by atoms with Crippen LogP contribution in [0.25, 0.3) is 16.8 Å². The summed E-state index contributed by atoms with van der Waals surface area (Å²) >= 11 is 0. The van der Waals surface area contributed by atoms with Gasteiger partial charge in [0.15, 0.2) is 5.58 Å². The number of benzene rings is 2. The second-order valence-electron chi connectivity index (χ2n) is 6.98. The molecule has 144 valence electrons. The zero-order chi connectivity index (χ0) is 19.5. The van der Waals surface area contributed by atoms with E-state index in [1.54, 1.807) is 10.8 Å². The van der Waals surface area contributed by atoms with Gasteiger partial charge in [0, 0.05) is 37.7 Å². The second kappa shape index (κ2) is 7.74. The quantitative estimate of drug-likeness (QED) is 0.536. The lowest BCUT2D eigenvalue weighted by Crippen LogP contribution is -2.23. The van der Waals surface area contributed by atoms with E-state index in [1.165, 1.54) is 0 Å². The van der Waals surface area contributed by atoms with Crippen molar-refractivity contribution in [3.8, 4) is 5.69 Å². The van der Waals surface area contributed by atoms with Gasteiger partial charge >= 0.3 is 5.76 Å². The average Bonchev–Trinajstić information content (AvgIpc) is 3.32. The van der Waals surface area contributed by atoms with Crippen LogP contribution < -0.4 is 11.1 Å². The number of hydrogen-bond acceptors (Lipinski definition) is 5. The first-order valence-corrected chi connectivity index (χ1v) is 9.21. The van der Waals surface area contributed by atoms with Crippen LogP contribution in [0.5, 0.6) is 0 Å². The number of fused-ring (bicyclic) bond motifs is 1. The van der Waals surface area contributed by atoms with Crippen LogP contribution in [0, 0.1) is 0 Å². The van der Waals surface area contributed by atoms with Crippen molar-refractivity contribution in [1.29, 1.82) is 0 Å². The lowest BCUT2D eigenvalue weighted by atomic mass is 10.2. The monoisotopic (exact) mass is 377 g/mol. The molecule has 2 heterocycles. The van der Waals surface area contributed by atoms with Gasteiger partial charge in [0.1, 0.15) is 0 Å². The predicted molar refractivity (Wildman–Crippen MR) is 110 cm³/mol. The summed E-state index contributed by atoms with van der Waals surface area (Å²) in [7, 11) is 3.97. The standard InChI is InChI=1S/C21H23N5O2/c1-24(2)11-12-25-19-14-17(7-8-20(19)28-21(25)27)22-15-16-5-3-6-18(13-16)26-10-4-9-23-26/h3-10,13-14,22H,11-12,15H2,1-2H3. The molecule has 4 aromatic rings. The average molecular weight is 377 g/mol. The minimum Gasteiger partial charge on any atom is -0.408 e. The normalized spacial score (nSPS) is 11.4. The van der Waals surface area contributed by atoms with Gasteiger partial charge in [-0.2, -0.15) is 5.10 Å². The fourth-order valence-corrected chi connectivity index (χ4v) is 3.12. The van der Waals surface area contributed by atoms with E-state index in [2.05, 4.69) is 22.5 Å². The zero-order valence-corrected chi connectivity index (χ0v) is 16.0. The Labute approximate surface area is 162 Å². The van der Waals surface area contributed by atoms with Crippen molar-refractivity contribution in [3.63, 3.8) is 0 Å². The largest absolute Gasteiger partial charge is 0.419 e. The Hall–Kier alpha value is -3.32. The summed E-state index contributed by atoms with van der Waals surface area (Å²) in [4.78, 5) is 14.2. The molecule has 2 aromatic carbocycles. The predicted octanol–water partition coefficient (Wildman–Crippen LogP) is 2.95. The molecule has 0 atom stereocenters. The second-order valence-corrected chi connectivity index (χ2v) is 6.98. The fraction of sp³-hybridized carbons (Fsp3) is 0.238. The summed E-state index contributed by atoms with van der Waals surface area (Å²) in [6.07, 6.45) is 3.69. The first-order chi connectivity index (χ1) is 13.6. The molecule has 28 heavy (non-hydrogen) atoms. The van der Waals surface area contributed by atoms with Crippen molar-refractivity contribution in [2.75, 3.05) is 26.0 Å². The Balaban J connectivity index is 1.53. The van der Waals surface area contributed by atoms with Crippen molar-refractivity contribution in [3.05, 3.63) is 77.0 Å². The van der Waals surface area contributed by atoms with E-state index in [0.29, 0.717) is 18.7 Å². The van der Waals surface area contributed by atoms with Crippen molar-refractivity contribution < 1.29 is 4.42 Å². The molecule has 0 saturated carbocycles. The van der Waals surface area contributed by atoms with E-state index < -0.39 is 0 Å². The van der Waals surface area contributed by atoms with Gasteiger partial charge in [-0.1, -0.05) is 12.1 Å². The van der Waals surface area contributed by atoms with E-state index in [9.17, 15) is 4.79 Å².